The predicted molar refractivity (Wildman–Crippen MR) is 574 cm³/mol. The molecular formula is C124H69N15O. The molecule has 0 saturated heterocycles. The van der Waals surface area contributed by atoms with Crippen molar-refractivity contribution in [1.82, 2.24) is 69.5 Å². The summed E-state index contributed by atoms with van der Waals surface area (Å²) < 4.78 is 27.1. The topological polar surface area (TPSA) is 126 Å². The van der Waals surface area contributed by atoms with Crippen LogP contribution >= 0.6 is 0 Å². The number of ether oxygens (including phenoxy) is 1. The van der Waals surface area contributed by atoms with E-state index in [9.17, 15) is 0 Å². The van der Waals surface area contributed by atoms with Gasteiger partial charge in [0.05, 0.1) is 99.3 Å². The Balaban J connectivity index is 0.0000000941. The van der Waals surface area contributed by atoms with Gasteiger partial charge >= 0.3 is 0 Å². The highest BCUT2D eigenvalue weighted by atomic mass is 16.5. The number of para-hydroxylation sites is 1. The van der Waals surface area contributed by atoms with E-state index in [-0.39, 0.29) is 0 Å². The van der Waals surface area contributed by atoms with Gasteiger partial charge in [-0.1, -0.05) is 291 Å². The van der Waals surface area contributed by atoms with Gasteiger partial charge in [-0.2, -0.15) is 0 Å². The Morgan fingerprint density at radius 3 is 0.700 bits per heavy atom. The molecule has 16 nitrogen and oxygen atoms in total. The third kappa shape index (κ3) is 10.1. The van der Waals surface area contributed by atoms with Gasteiger partial charge in [0.1, 0.15) is 28.0 Å². The molecule has 140 heavy (non-hydrogen) atoms. The fourth-order valence-corrected chi connectivity index (χ4v) is 23.8. The highest BCUT2D eigenvalue weighted by molar-refractivity contribution is 6.24. The fraction of sp³-hybridized carbons (Fsp3) is 0. The van der Waals surface area contributed by atoms with Gasteiger partial charge in [-0.05, 0) is 256 Å². The van der Waals surface area contributed by atoms with Crippen molar-refractivity contribution in [1.29, 1.82) is 0 Å². The lowest BCUT2D eigenvalue weighted by Gasteiger charge is -2.18. The Morgan fingerprint density at radius 2 is 0.386 bits per heavy atom. The molecule has 35 rings (SSSR count). The molecular weight excluding hydrogens is 1720 g/mol. The number of hydrogen-bond acceptors (Lipinski definition) is 7. The average molecular weight is 1790 g/mol. The van der Waals surface area contributed by atoms with Crippen molar-refractivity contribution in [2.24, 2.45) is 0 Å². The number of nitrogens with zero attached hydrogens (tertiary/aromatic N) is 15. The molecule has 16 heteroatoms. The number of aromatic nitrogens is 15. The highest BCUT2D eigenvalue weighted by Gasteiger charge is 2.32. The van der Waals surface area contributed by atoms with Crippen molar-refractivity contribution >= 4 is 258 Å². The molecule has 0 fully saturated rings. The zero-order valence-corrected chi connectivity index (χ0v) is 74.5. The number of benzene rings is 23. The summed E-state index contributed by atoms with van der Waals surface area (Å²) in [5.41, 5.74) is 29.5. The SMILES string of the molecule is c1ccc(-c2c3ccccc3c(-c3cc4c5c(c3)n3c6cc7ccccc7cc6nc3n5c3nc5cc6ccccc6cc5n43)c3ccccc23)cc1.c1ccc(Oc2cc3c4c(c2)n2c5cc6ccccc6cc5nc2n4c2nc4cc5ccccc5cc4n32)cc1.c1ccc2cc3c(cc2c1)nc1n3c2cc(-c3cc4ccccc4c4ccccc34)cc3c2n1c1nc2cc4ccccc4cc2n31. The van der Waals surface area contributed by atoms with Crippen LogP contribution in [0, 0.1) is 0 Å². The largest absolute Gasteiger partial charge is 0.457 e. The van der Waals surface area contributed by atoms with Crippen LogP contribution in [0.3, 0.4) is 0 Å². The van der Waals surface area contributed by atoms with Gasteiger partial charge in [0.25, 0.3) is 0 Å². The van der Waals surface area contributed by atoms with Crippen LogP contribution in [-0.4, -0.2) is 69.5 Å². The maximum absolute atomic E-state index is 6.43. The zero-order chi connectivity index (χ0) is 90.7. The second-order valence-corrected chi connectivity index (χ2v) is 37.5. The standard InChI is InChI=1S/C48H27N5.C42H23N5.C34H19N5O/c1-2-12-28(13-3-1)44-34-18-8-10-20-36(34)45(37-21-11-9-19-35(37)44)33-26-42-46-43(27-33)52-41-25-32-17-7-5-15-30(32)23-39(41)50-48(52)53(46)47-49-38-22-29-14-4-6-16-31(29)24-40(38)51(42)47;1-3-11-26-20-36-34(18-24(26)9-1)43-41-45(36)38-22-29(33-17-28-13-5-6-14-30(28)31-15-7-8-16-32(31)33)23-39-40(38)47(41)42-44-35-19-25-10-2-4-12-27(25)21-37(35)46(39)42;1-2-12-24(13-3-1)40-25-18-30-32-31(19-25)38-29-17-23-11-7-5-9-21(23)15-27(29)36-34(38)39(32)33-35-26-14-20-8-4-6-10-22(20)16-28(26)37(30)33/h1-27H;1-23H;1-19H. The second kappa shape index (κ2) is 27.3. The van der Waals surface area contributed by atoms with Crippen LogP contribution in [0.4, 0.5) is 0 Å². The van der Waals surface area contributed by atoms with Gasteiger partial charge in [-0.25, -0.2) is 43.1 Å². The molecule has 0 atom stereocenters. The molecule has 12 aromatic heterocycles. The van der Waals surface area contributed by atoms with Crippen LogP contribution in [0.25, 0.3) is 292 Å². The Labute approximate surface area is 790 Å². The molecule has 0 aliphatic carbocycles. The van der Waals surface area contributed by atoms with Crippen molar-refractivity contribution in [3.8, 4) is 44.9 Å². The summed E-state index contributed by atoms with van der Waals surface area (Å²) in [6, 6.07) is 150. The molecule has 0 aliphatic heterocycles. The normalized spacial score (nSPS) is 12.6. The Kier molecular flexibility index (Phi) is 14.4. The Hall–Kier alpha value is -19.3. The van der Waals surface area contributed by atoms with Gasteiger partial charge in [0.15, 0.2) is 0 Å². The monoisotopic (exact) mass is 1780 g/mol. The summed E-state index contributed by atoms with van der Waals surface area (Å²) in [5.74, 6) is 6.76. The predicted octanol–water partition coefficient (Wildman–Crippen LogP) is 30.7. The van der Waals surface area contributed by atoms with Crippen molar-refractivity contribution in [3.63, 3.8) is 0 Å². The summed E-state index contributed by atoms with van der Waals surface area (Å²) in [6.07, 6.45) is 0. The Bertz CT molecular complexity index is 11100. The number of rotatable bonds is 5. The number of fused-ring (bicyclic) bond motifs is 41. The van der Waals surface area contributed by atoms with Crippen LogP contribution in [0.15, 0.2) is 419 Å². The summed E-state index contributed by atoms with van der Waals surface area (Å²) in [4.78, 5) is 31.6. The lowest BCUT2D eigenvalue weighted by atomic mass is 9.86. The van der Waals surface area contributed by atoms with Gasteiger partial charge in [0.2, 0.25) is 34.7 Å². The minimum atomic E-state index is 0.769. The fourth-order valence-electron chi connectivity index (χ4n) is 23.8. The van der Waals surface area contributed by atoms with Crippen molar-refractivity contribution < 1.29 is 4.74 Å². The molecule has 35 aromatic rings. The van der Waals surface area contributed by atoms with E-state index in [2.05, 4.69) is 428 Å². The molecule has 0 amide bonds. The summed E-state index contributed by atoms with van der Waals surface area (Å²) in [5, 5.41) is 24.2. The molecule has 0 spiro atoms. The first-order chi connectivity index (χ1) is 69.4. The van der Waals surface area contributed by atoms with Gasteiger partial charge in [-0.3, -0.25) is 26.4 Å². The first-order valence-corrected chi connectivity index (χ1v) is 47.4. The van der Waals surface area contributed by atoms with Gasteiger partial charge < -0.3 is 4.74 Å². The lowest BCUT2D eigenvalue weighted by molar-refractivity contribution is 0.484. The molecule has 0 unspecified atom stereocenters. The van der Waals surface area contributed by atoms with E-state index in [1.165, 1.54) is 136 Å². The van der Waals surface area contributed by atoms with E-state index in [1.807, 2.05) is 30.3 Å². The van der Waals surface area contributed by atoms with E-state index in [1.54, 1.807) is 0 Å². The minimum Gasteiger partial charge on any atom is -0.457 e. The number of imidazole rings is 12. The van der Waals surface area contributed by atoms with E-state index in [4.69, 9.17) is 34.6 Å². The zero-order valence-electron chi connectivity index (χ0n) is 74.5. The summed E-state index contributed by atoms with van der Waals surface area (Å²) in [6.45, 7) is 0. The molecule has 646 valence electrons. The summed E-state index contributed by atoms with van der Waals surface area (Å²) >= 11 is 0. The molecule has 0 N–H and O–H groups in total. The van der Waals surface area contributed by atoms with Crippen LogP contribution in [-0.2, 0) is 0 Å². The van der Waals surface area contributed by atoms with Crippen LogP contribution in [0.2, 0.25) is 0 Å². The van der Waals surface area contributed by atoms with Gasteiger partial charge in [-0.15, -0.1) is 0 Å². The quantitative estimate of drug-likeness (QED) is 0.124. The molecule has 0 aliphatic rings. The maximum atomic E-state index is 6.43. The molecule has 12 heterocycles. The van der Waals surface area contributed by atoms with Crippen molar-refractivity contribution in [2.45, 2.75) is 0 Å². The minimum absolute atomic E-state index is 0.769. The van der Waals surface area contributed by atoms with E-state index in [0.29, 0.717) is 0 Å². The third-order valence-corrected chi connectivity index (χ3v) is 29.9. The first kappa shape index (κ1) is 74.2. The molecule has 23 aromatic carbocycles. The Morgan fingerprint density at radius 1 is 0.150 bits per heavy atom. The molecule has 0 bridgehead atoms. The van der Waals surface area contributed by atoms with Crippen LogP contribution < -0.4 is 4.74 Å². The van der Waals surface area contributed by atoms with Crippen LogP contribution in [0.1, 0.15) is 0 Å². The van der Waals surface area contributed by atoms with Crippen molar-refractivity contribution in [3.05, 3.63) is 419 Å². The van der Waals surface area contributed by atoms with Crippen molar-refractivity contribution in [2.75, 3.05) is 0 Å². The second-order valence-electron chi connectivity index (χ2n) is 37.5. The lowest BCUT2D eigenvalue weighted by Crippen LogP contribution is -1.92. The summed E-state index contributed by atoms with van der Waals surface area (Å²) in [7, 11) is 0. The molecule has 0 radical (unpaired) electrons. The highest BCUT2D eigenvalue weighted by Crippen LogP contribution is 2.50. The van der Waals surface area contributed by atoms with E-state index < -0.39 is 0 Å². The number of hydrogen-bond donors (Lipinski definition) is 0. The molecule has 0 saturated carbocycles. The maximum Gasteiger partial charge on any atom is 0.223 e. The third-order valence-electron chi connectivity index (χ3n) is 29.9. The first-order valence-electron chi connectivity index (χ1n) is 47.4. The van der Waals surface area contributed by atoms with E-state index >= 15 is 0 Å². The van der Waals surface area contributed by atoms with E-state index in [0.717, 1.165) is 168 Å². The smallest absolute Gasteiger partial charge is 0.223 e. The average Bonchev–Trinajstić information content (AvgIpc) is 1.52. The van der Waals surface area contributed by atoms with Crippen LogP contribution in [0.5, 0.6) is 11.5 Å². The van der Waals surface area contributed by atoms with Gasteiger partial charge in [0, 0.05) is 12.1 Å².